The molecular formula is C14H19BrN4O. The van der Waals surface area contributed by atoms with Crippen LogP contribution in [0.3, 0.4) is 0 Å². The summed E-state index contributed by atoms with van der Waals surface area (Å²) in [6.45, 7) is 4.13. The largest absolute Gasteiger partial charge is 0.495 e. The van der Waals surface area contributed by atoms with Crippen molar-refractivity contribution in [2.75, 3.05) is 7.11 Å². The van der Waals surface area contributed by atoms with Crippen molar-refractivity contribution in [3.63, 3.8) is 0 Å². The Morgan fingerprint density at radius 3 is 2.75 bits per heavy atom. The van der Waals surface area contributed by atoms with Gasteiger partial charge in [-0.3, -0.25) is 0 Å². The molecule has 2 aromatic rings. The van der Waals surface area contributed by atoms with Gasteiger partial charge in [0.05, 0.1) is 29.0 Å². The average molecular weight is 339 g/mol. The van der Waals surface area contributed by atoms with Crippen LogP contribution < -0.4 is 10.5 Å². The standard InChI is InChI=1S/C14H19BrN4O/c1-4-11(16)14-12(5-2)19(18-17-14)9-6-7-10(15)13(8-9)20-3/h6-8,11H,4-5,16H2,1-3H3. The zero-order valence-corrected chi connectivity index (χ0v) is 13.5. The number of hydrogen-bond acceptors (Lipinski definition) is 4. The first kappa shape index (κ1) is 15.0. The third-order valence-corrected chi connectivity index (χ3v) is 3.95. The molecule has 0 bridgehead atoms. The van der Waals surface area contributed by atoms with Gasteiger partial charge in [0.1, 0.15) is 11.4 Å². The van der Waals surface area contributed by atoms with E-state index in [-0.39, 0.29) is 6.04 Å². The summed E-state index contributed by atoms with van der Waals surface area (Å²) in [5, 5.41) is 8.49. The number of benzene rings is 1. The van der Waals surface area contributed by atoms with Crippen molar-refractivity contribution in [1.82, 2.24) is 15.0 Å². The summed E-state index contributed by atoms with van der Waals surface area (Å²) in [7, 11) is 1.64. The number of ether oxygens (including phenoxy) is 1. The van der Waals surface area contributed by atoms with Gasteiger partial charge >= 0.3 is 0 Å². The summed E-state index contributed by atoms with van der Waals surface area (Å²) >= 11 is 3.45. The van der Waals surface area contributed by atoms with Gasteiger partial charge in [-0.15, -0.1) is 5.10 Å². The zero-order valence-electron chi connectivity index (χ0n) is 11.9. The predicted octanol–water partition coefficient (Wildman–Crippen LogP) is 3.01. The molecule has 2 rings (SSSR count). The van der Waals surface area contributed by atoms with Gasteiger partial charge in [-0.1, -0.05) is 19.1 Å². The molecule has 1 atom stereocenters. The molecule has 6 heteroatoms. The highest BCUT2D eigenvalue weighted by Crippen LogP contribution is 2.28. The monoisotopic (exact) mass is 338 g/mol. The number of nitrogens with zero attached hydrogens (tertiary/aromatic N) is 3. The second kappa shape index (κ2) is 6.37. The lowest BCUT2D eigenvalue weighted by atomic mass is 10.1. The Bertz CT molecular complexity index is 597. The molecule has 0 saturated carbocycles. The summed E-state index contributed by atoms with van der Waals surface area (Å²) in [5.41, 5.74) is 8.93. The van der Waals surface area contributed by atoms with E-state index in [0.717, 1.165) is 40.1 Å². The van der Waals surface area contributed by atoms with Crippen molar-refractivity contribution in [2.24, 2.45) is 5.73 Å². The molecule has 1 aromatic carbocycles. The van der Waals surface area contributed by atoms with E-state index in [1.54, 1.807) is 7.11 Å². The first-order valence-electron chi connectivity index (χ1n) is 6.66. The molecule has 1 heterocycles. The minimum Gasteiger partial charge on any atom is -0.495 e. The minimum absolute atomic E-state index is 0.0731. The van der Waals surface area contributed by atoms with Crippen LogP contribution in [-0.4, -0.2) is 22.1 Å². The van der Waals surface area contributed by atoms with Crippen LogP contribution in [0.15, 0.2) is 22.7 Å². The van der Waals surface area contributed by atoms with Crippen LogP contribution in [-0.2, 0) is 6.42 Å². The number of hydrogen-bond donors (Lipinski definition) is 1. The Hall–Kier alpha value is -1.40. The highest BCUT2D eigenvalue weighted by molar-refractivity contribution is 9.10. The fourth-order valence-electron chi connectivity index (χ4n) is 2.11. The van der Waals surface area contributed by atoms with Crippen molar-refractivity contribution in [3.05, 3.63) is 34.1 Å². The second-order valence-electron chi connectivity index (χ2n) is 4.52. The Labute approximate surface area is 127 Å². The Kier molecular flexibility index (Phi) is 4.77. The van der Waals surface area contributed by atoms with Gasteiger partial charge in [-0.2, -0.15) is 0 Å². The van der Waals surface area contributed by atoms with E-state index in [9.17, 15) is 0 Å². The Morgan fingerprint density at radius 2 is 2.15 bits per heavy atom. The van der Waals surface area contributed by atoms with Crippen LogP contribution in [0.4, 0.5) is 0 Å². The first-order chi connectivity index (χ1) is 9.62. The number of halogens is 1. The molecule has 0 amide bonds. The molecule has 1 unspecified atom stereocenters. The molecular weight excluding hydrogens is 320 g/mol. The van der Waals surface area contributed by atoms with Crippen LogP contribution >= 0.6 is 15.9 Å². The normalized spacial score (nSPS) is 12.4. The lowest BCUT2D eigenvalue weighted by molar-refractivity contribution is 0.412. The fraction of sp³-hybridized carbons (Fsp3) is 0.429. The predicted molar refractivity (Wildman–Crippen MR) is 82.2 cm³/mol. The van der Waals surface area contributed by atoms with Crippen LogP contribution in [0, 0.1) is 0 Å². The Balaban J connectivity index is 2.50. The highest BCUT2D eigenvalue weighted by atomic mass is 79.9. The van der Waals surface area contributed by atoms with Gasteiger partial charge in [0.15, 0.2) is 0 Å². The van der Waals surface area contributed by atoms with E-state index >= 15 is 0 Å². The first-order valence-corrected chi connectivity index (χ1v) is 7.45. The summed E-state index contributed by atoms with van der Waals surface area (Å²) in [4.78, 5) is 0. The average Bonchev–Trinajstić information content (AvgIpc) is 2.90. The number of methoxy groups -OCH3 is 1. The van der Waals surface area contributed by atoms with Crippen molar-refractivity contribution < 1.29 is 4.74 Å². The Morgan fingerprint density at radius 1 is 1.40 bits per heavy atom. The number of nitrogens with two attached hydrogens (primary N) is 1. The third-order valence-electron chi connectivity index (χ3n) is 3.30. The van der Waals surface area contributed by atoms with Crippen LogP contribution in [0.25, 0.3) is 5.69 Å². The summed E-state index contributed by atoms with van der Waals surface area (Å²) in [5.74, 6) is 0.765. The lowest BCUT2D eigenvalue weighted by Gasteiger charge is -2.11. The van der Waals surface area contributed by atoms with Crippen molar-refractivity contribution in [2.45, 2.75) is 32.7 Å². The molecule has 20 heavy (non-hydrogen) atoms. The van der Waals surface area contributed by atoms with E-state index in [1.807, 2.05) is 29.8 Å². The van der Waals surface area contributed by atoms with Gasteiger partial charge in [0.2, 0.25) is 0 Å². The topological polar surface area (TPSA) is 66.0 Å². The molecule has 0 fully saturated rings. The lowest BCUT2D eigenvalue weighted by Crippen LogP contribution is -2.12. The summed E-state index contributed by atoms with van der Waals surface area (Å²) in [6, 6.07) is 5.77. The van der Waals surface area contributed by atoms with E-state index < -0.39 is 0 Å². The van der Waals surface area contributed by atoms with Crippen molar-refractivity contribution in [1.29, 1.82) is 0 Å². The van der Waals surface area contributed by atoms with E-state index in [4.69, 9.17) is 10.5 Å². The molecule has 1 aromatic heterocycles. The number of aromatic nitrogens is 3. The maximum Gasteiger partial charge on any atom is 0.135 e. The van der Waals surface area contributed by atoms with Crippen LogP contribution in [0.1, 0.15) is 37.7 Å². The highest BCUT2D eigenvalue weighted by Gasteiger charge is 2.17. The summed E-state index contributed by atoms with van der Waals surface area (Å²) < 4.78 is 8.07. The number of rotatable bonds is 5. The zero-order chi connectivity index (χ0) is 14.7. The van der Waals surface area contributed by atoms with E-state index in [0.29, 0.717) is 0 Å². The molecule has 0 aliphatic rings. The molecule has 5 nitrogen and oxygen atoms in total. The molecule has 0 radical (unpaired) electrons. The molecule has 2 N–H and O–H groups in total. The summed E-state index contributed by atoms with van der Waals surface area (Å²) in [6.07, 6.45) is 1.67. The van der Waals surface area contributed by atoms with Crippen LogP contribution in [0.2, 0.25) is 0 Å². The molecule has 0 aliphatic heterocycles. The smallest absolute Gasteiger partial charge is 0.135 e. The van der Waals surface area contributed by atoms with Crippen LogP contribution in [0.5, 0.6) is 5.75 Å². The SMILES string of the molecule is CCc1c(C(N)CC)nnn1-c1ccc(Br)c(OC)c1. The van der Waals surface area contributed by atoms with Gasteiger partial charge < -0.3 is 10.5 Å². The van der Waals surface area contributed by atoms with Gasteiger partial charge in [0.25, 0.3) is 0 Å². The van der Waals surface area contributed by atoms with Gasteiger partial charge in [-0.25, -0.2) is 4.68 Å². The maximum atomic E-state index is 6.09. The van der Waals surface area contributed by atoms with Gasteiger partial charge in [0, 0.05) is 6.07 Å². The quantitative estimate of drug-likeness (QED) is 0.909. The van der Waals surface area contributed by atoms with E-state index in [1.165, 1.54) is 0 Å². The van der Waals surface area contributed by atoms with E-state index in [2.05, 4.69) is 33.2 Å². The molecule has 0 spiro atoms. The van der Waals surface area contributed by atoms with Crippen molar-refractivity contribution in [3.8, 4) is 11.4 Å². The third kappa shape index (κ3) is 2.71. The van der Waals surface area contributed by atoms with Crippen molar-refractivity contribution >= 4 is 15.9 Å². The minimum atomic E-state index is -0.0731. The fourth-order valence-corrected chi connectivity index (χ4v) is 2.52. The molecule has 0 saturated heterocycles. The van der Waals surface area contributed by atoms with Gasteiger partial charge in [-0.05, 0) is 40.9 Å². The maximum absolute atomic E-state index is 6.09. The second-order valence-corrected chi connectivity index (χ2v) is 5.37. The molecule has 108 valence electrons. The molecule has 0 aliphatic carbocycles.